The molecule has 2 N–H and O–H groups in total. The van der Waals surface area contributed by atoms with Gasteiger partial charge in [0, 0.05) is 11.8 Å². The molecule has 0 radical (unpaired) electrons. The number of carboxylic acids is 1. The number of anilines is 1. The molecule has 1 aliphatic rings. The molecule has 24 heavy (non-hydrogen) atoms. The van der Waals surface area contributed by atoms with Gasteiger partial charge in [0.1, 0.15) is 0 Å². The van der Waals surface area contributed by atoms with Crippen LogP contribution >= 0.6 is 0 Å². The Bertz CT molecular complexity index is 791. The van der Waals surface area contributed by atoms with Crippen LogP contribution in [0, 0.1) is 0 Å². The van der Waals surface area contributed by atoms with Crippen LogP contribution in [0.15, 0.2) is 48.5 Å². The minimum absolute atomic E-state index is 0.0539. The molecular formula is C20H19NO3. The maximum absolute atomic E-state index is 12.2. The van der Waals surface area contributed by atoms with Gasteiger partial charge in [0.05, 0.1) is 6.42 Å². The Kier molecular flexibility index (Phi) is 4.75. The first kappa shape index (κ1) is 16.0. The molecule has 1 amide bonds. The third kappa shape index (κ3) is 4.10. The standard InChI is InChI=1S/C20H19NO3/c22-19(13-15-4-8-16-2-1-3-17(16)12-15)21-18-9-5-14(6-10-18)7-11-20(23)24/h4-12H,1-3,13H2,(H,21,22)(H,23,24). The normalized spacial score (nSPS) is 13.0. The maximum atomic E-state index is 12.2. The Hall–Kier alpha value is -2.88. The fourth-order valence-corrected chi connectivity index (χ4v) is 2.97. The number of rotatable bonds is 5. The van der Waals surface area contributed by atoms with E-state index in [1.807, 2.05) is 6.07 Å². The van der Waals surface area contributed by atoms with Crippen molar-refractivity contribution in [3.8, 4) is 0 Å². The minimum Gasteiger partial charge on any atom is -0.478 e. The van der Waals surface area contributed by atoms with Gasteiger partial charge < -0.3 is 10.4 Å². The van der Waals surface area contributed by atoms with Crippen molar-refractivity contribution in [2.24, 2.45) is 0 Å². The van der Waals surface area contributed by atoms with Crippen LogP contribution in [0.5, 0.6) is 0 Å². The molecule has 0 atom stereocenters. The van der Waals surface area contributed by atoms with Crippen molar-refractivity contribution in [2.45, 2.75) is 25.7 Å². The second-order valence-corrected chi connectivity index (χ2v) is 5.98. The number of fused-ring (bicyclic) bond motifs is 1. The third-order valence-electron chi connectivity index (χ3n) is 4.14. The van der Waals surface area contributed by atoms with E-state index in [2.05, 4.69) is 17.4 Å². The zero-order chi connectivity index (χ0) is 16.9. The number of carboxylic acid groups (broad SMARTS) is 1. The lowest BCUT2D eigenvalue weighted by molar-refractivity contribution is -0.131. The predicted octanol–water partition coefficient (Wildman–Crippen LogP) is 3.45. The van der Waals surface area contributed by atoms with Gasteiger partial charge in [-0.2, -0.15) is 0 Å². The summed E-state index contributed by atoms with van der Waals surface area (Å²) in [5, 5.41) is 11.5. The third-order valence-corrected chi connectivity index (χ3v) is 4.14. The highest BCUT2D eigenvalue weighted by Gasteiger charge is 2.12. The van der Waals surface area contributed by atoms with Gasteiger partial charge >= 0.3 is 5.97 Å². The van der Waals surface area contributed by atoms with Gasteiger partial charge in [-0.25, -0.2) is 4.79 Å². The minimum atomic E-state index is -0.985. The molecule has 0 spiro atoms. The van der Waals surface area contributed by atoms with E-state index in [0.717, 1.165) is 30.0 Å². The number of aliphatic carboxylic acids is 1. The monoisotopic (exact) mass is 321 g/mol. The highest BCUT2D eigenvalue weighted by atomic mass is 16.4. The average Bonchev–Trinajstić information content (AvgIpc) is 3.01. The molecule has 0 saturated heterocycles. The second-order valence-electron chi connectivity index (χ2n) is 5.98. The highest BCUT2D eigenvalue weighted by molar-refractivity contribution is 5.92. The van der Waals surface area contributed by atoms with E-state index >= 15 is 0 Å². The van der Waals surface area contributed by atoms with E-state index in [-0.39, 0.29) is 5.91 Å². The van der Waals surface area contributed by atoms with Crippen LogP contribution in [0.4, 0.5) is 5.69 Å². The van der Waals surface area contributed by atoms with E-state index < -0.39 is 5.97 Å². The smallest absolute Gasteiger partial charge is 0.328 e. The predicted molar refractivity (Wildman–Crippen MR) is 93.9 cm³/mol. The number of carbonyl (C=O) groups is 2. The van der Waals surface area contributed by atoms with Crippen molar-refractivity contribution in [1.82, 2.24) is 0 Å². The summed E-state index contributed by atoms with van der Waals surface area (Å²) in [5.74, 6) is -1.04. The Labute approximate surface area is 140 Å². The number of hydrogen-bond acceptors (Lipinski definition) is 2. The lowest BCUT2D eigenvalue weighted by Crippen LogP contribution is -2.14. The Morgan fingerprint density at radius 3 is 2.54 bits per heavy atom. The molecule has 4 heteroatoms. The molecule has 0 aromatic heterocycles. The van der Waals surface area contributed by atoms with Crippen LogP contribution in [0.3, 0.4) is 0 Å². The number of nitrogens with one attached hydrogen (secondary N) is 1. The first-order valence-electron chi connectivity index (χ1n) is 8.02. The van der Waals surface area contributed by atoms with Gasteiger partial charge in [0.2, 0.25) is 5.91 Å². The Morgan fingerprint density at radius 1 is 1.04 bits per heavy atom. The molecule has 4 nitrogen and oxygen atoms in total. The highest BCUT2D eigenvalue weighted by Crippen LogP contribution is 2.23. The Balaban J connectivity index is 1.59. The van der Waals surface area contributed by atoms with Crippen LogP contribution in [0.1, 0.15) is 28.7 Å². The molecule has 0 unspecified atom stereocenters. The van der Waals surface area contributed by atoms with E-state index in [0.29, 0.717) is 12.1 Å². The van der Waals surface area contributed by atoms with Gasteiger partial charge in [-0.1, -0.05) is 30.3 Å². The number of hydrogen-bond donors (Lipinski definition) is 2. The lowest BCUT2D eigenvalue weighted by atomic mass is 10.0. The van der Waals surface area contributed by atoms with Crippen molar-refractivity contribution in [2.75, 3.05) is 5.32 Å². The molecule has 1 aliphatic carbocycles. The van der Waals surface area contributed by atoms with Crippen molar-refractivity contribution in [3.63, 3.8) is 0 Å². The van der Waals surface area contributed by atoms with Crippen molar-refractivity contribution >= 4 is 23.6 Å². The number of carbonyl (C=O) groups excluding carboxylic acids is 1. The number of aryl methyl sites for hydroxylation is 2. The van der Waals surface area contributed by atoms with E-state index in [1.165, 1.54) is 23.6 Å². The summed E-state index contributed by atoms with van der Waals surface area (Å²) in [5.41, 5.74) is 5.29. The molecular weight excluding hydrogens is 302 g/mol. The van der Waals surface area contributed by atoms with Crippen molar-refractivity contribution in [3.05, 3.63) is 70.8 Å². The van der Waals surface area contributed by atoms with Crippen LogP contribution in [-0.2, 0) is 28.9 Å². The number of amides is 1. The largest absolute Gasteiger partial charge is 0.478 e. The van der Waals surface area contributed by atoms with Crippen LogP contribution in [0.2, 0.25) is 0 Å². The van der Waals surface area contributed by atoms with Gasteiger partial charge in [0.15, 0.2) is 0 Å². The zero-order valence-electron chi connectivity index (χ0n) is 13.3. The van der Waals surface area contributed by atoms with E-state index in [4.69, 9.17) is 5.11 Å². The molecule has 122 valence electrons. The average molecular weight is 321 g/mol. The molecule has 0 aliphatic heterocycles. The first-order chi connectivity index (χ1) is 11.6. The van der Waals surface area contributed by atoms with E-state index in [1.54, 1.807) is 24.3 Å². The lowest BCUT2D eigenvalue weighted by Gasteiger charge is -2.07. The van der Waals surface area contributed by atoms with Gasteiger partial charge in [-0.05, 0) is 59.7 Å². The first-order valence-corrected chi connectivity index (χ1v) is 8.02. The van der Waals surface area contributed by atoms with Gasteiger partial charge in [-0.15, -0.1) is 0 Å². The van der Waals surface area contributed by atoms with E-state index in [9.17, 15) is 9.59 Å². The molecule has 0 fully saturated rings. The van der Waals surface area contributed by atoms with Crippen LogP contribution in [0.25, 0.3) is 6.08 Å². The van der Waals surface area contributed by atoms with Crippen molar-refractivity contribution < 1.29 is 14.7 Å². The summed E-state index contributed by atoms with van der Waals surface area (Å²) in [7, 11) is 0. The molecule has 0 saturated carbocycles. The molecule has 2 aromatic carbocycles. The summed E-state index contributed by atoms with van der Waals surface area (Å²) >= 11 is 0. The maximum Gasteiger partial charge on any atom is 0.328 e. The Morgan fingerprint density at radius 2 is 1.79 bits per heavy atom. The number of benzene rings is 2. The van der Waals surface area contributed by atoms with Crippen LogP contribution in [-0.4, -0.2) is 17.0 Å². The second kappa shape index (κ2) is 7.13. The molecule has 3 rings (SSSR count). The summed E-state index contributed by atoms with van der Waals surface area (Å²) in [6.45, 7) is 0. The van der Waals surface area contributed by atoms with Crippen molar-refractivity contribution in [1.29, 1.82) is 0 Å². The molecule has 2 aromatic rings. The summed E-state index contributed by atoms with van der Waals surface area (Å²) in [6, 6.07) is 13.4. The zero-order valence-corrected chi connectivity index (χ0v) is 13.3. The SMILES string of the molecule is O=C(O)C=Cc1ccc(NC(=O)Cc2ccc3c(c2)CCC3)cc1. The fourth-order valence-electron chi connectivity index (χ4n) is 2.97. The van der Waals surface area contributed by atoms with Crippen LogP contribution < -0.4 is 5.32 Å². The van der Waals surface area contributed by atoms with Gasteiger partial charge in [-0.3, -0.25) is 4.79 Å². The molecule has 0 heterocycles. The quantitative estimate of drug-likeness (QED) is 0.829. The van der Waals surface area contributed by atoms with Gasteiger partial charge in [0.25, 0.3) is 0 Å². The molecule has 0 bridgehead atoms. The summed E-state index contributed by atoms with van der Waals surface area (Å²) in [4.78, 5) is 22.7. The fraction of sp³-hybridized carbons (Fsp3) is 0.200. The topological polar surface area (TPSA) is 66.4 Å². The summed E-state index contributed by atoms with van der Waals surface area (Å²) < 4.78 is 0. The summed E-state index contributed by atoms with van der Waals surface area (Å²) in [6.07, 6.45) is 6.40.